The Hall–Kier alpha value is -2.82. The summed E-state index contributed by atoms with van der Waals surface area (Å²) < 4.78 is 5.71. The fraction of sp³-hybridized carbons (Fsp3) is 0.222. The van der Waals surface area contributed by atoms with Crippen LogP contribution in [0.4, 0.5) is 0 Å². The maximum atomic E-state index is 12.5. The lowest BCUT2D eigenvalue weighted by Crippen LogP contribution is -2.38. The molecular weight excluding hydrogens is 294 g/mol. The molecule has 0 saturated carbocycles. The number of likely N-dealkylation sites (N-methyl/N-ethyl adjacent to an activating group) is 1. The largest absolute Gasteiger partial charge is 0.480 e. The number of nitrogens with zero attached hydrogens (tertiary/aromatic N) is 1. The van der Waals surface area contributed by atoms with Gasteiger partial charge < -0.3 is 14.7 Å². The number of carboxylic acid groups (broad SMARTS) is 1. The predicted octanol–water partition coefficient (Wildman–Crippen LogP) is 2.35. The van der Waals surface area contributed by atoms with Gasteiger partial charge in [-0.2, -0.15) is 0 Å². The van der Waals surface area contributed by atoms with E-state index >= 15 is 0 Å². The Morgan fingerprint density at radius 2 is 1.87 bits per heavy atom. The van der Waals surface area contributed by atoms with Crippen LogP contribution in [-0.4, -0.2) is 35.0 Å². The molecule has 1 atom stereocenters. The monoisotopic (exact) mass is 311 g/mol. The number of hydrogen-bond acceptors (Lipinski definition) is 3. The molecule has 0 aromatic heterocycles. The van der Waals surface area contributed by atoms with Gasteiger partial charge in [0, 0.05) is 20.0 Å². The molecule has 1 N–H and O–H groups in total. The Balaban J connectivity index is 1.63. The molecule has 0 bridgehead atoms. The molecule has 1 aliphatic heterocycles. The van der Waals surface area contributed by atoms with Gasteiger partial charge in [-0.25, -0.2) is 4.79 Å². The molecule has 3 rings (SSSR count). The molecule has 1 unspecified atom stereocenters. The number of benzene rings is 2. The third-order valence-corrected chi connectivity index (χ3v) is 3.92. The minimum absolute atomic E-state index is 0.0801. The van der Waals surface area contributed by atoms with Gasteiger partial charge in [-0.15, -0.1) is 0 Å². The predicted molar refractivity (Wildman–Crippen MR) is 84.4 cm³/mol. The van der Waals surface area contributed by atoms with Crippen molar-refractivity contribution in [2.75, 3.05) is 7.05 Å². The number of aromatic carboxylic acids is 1. The summed E-state index contributed by atoms with van der Waals surface area (Å²) in [4.78, 5) is 24.9. The maximum absolute atomic E-state index is 12.5. The normalized spacial score (nSPS) is 15.6. The minimum Gasteiger partial charge on any atom is -0.480 e. The number of carbonyl (C=O) groups excluding carboxylic acids is 1. The first kappa shape index (κ1) is 15.1. The van der Waals surface area contributed by atoms with Crippen molar-refractivity contribution in [3.8, 4) is 5.75 Å². The molecule has 0 spiro atoms. The van der Waals surface area contributed by atoms with Gasteiger partial charge in [0.25, 0.3) is 5.91 Å². The van der Waals surface area contributed by atoms with Crippen molar-refractivity contribution in [1.82, 2.24) is 4.90 Å². The zero-order valence-electron chi connectivity index (χ0n) is 12.7. The third-order valence-electron chi connectivity index (χ3n) is 3.92. The van der Waals surface area contributed by atoms with E-state index in [1.54, 1.807) is 24.1 Å². The van der Waals surface area contributed by atoms with Crippen LogP contribution in [0.1, 0.15) is 21.5 Å². The van der Waals surface area contributed by atoms with E-state index in [1.165, 1.54) is 12.1 Å². The van der Waals surface area contributed by atoms with Crippen LogP contribution >= 0.6 is 0 Å². The molecule has 1 heterocycles. The molecule has 1 amide bonds. The molecule has 1 aliphatic rings. The Morgan fingerprint density at radius 3 is 2.52 bits per heavy atom. The van der Waals surface area contributed by atoms with Gasteiger partial charge in [0.05, 0.1) is 5.56 Å². The topological polar surface area (TPSA) is 66.8 Å². The van der Waals surface area contributed by atoms with Crippen molar-refractivity contribution in [2.45, 2.75) is 19.1 Å². The number of ether oxygens (including phenoxy) is 1. The molecule has 118 valence electrons. The molecule has 2 aromatic rings. The zero-order valence-corrected chi connectivity index (χ0v) is 12.7. The Bertz CT molecular complexity index is 714. The van der Waals surface area contributed by atoms with Crippen LogP contribution in [0.15, 0.2) is 48.5 Å². The van der Waals surface area contributed by atoms with Gasteiger partial charge >= 0.3 is 5.97 Å². The van der Waals surface area contributed by atoms with Crippen molar-refractivity contribution in [2.24, 2.45) is 0 Å². The summed E-state index contributed by atoms with van der Waals surface area (Å²) in [5, 5.41) is 8.89. The number of para-hydroxylation sites is 1. The van der Waals surface area contributed by atoms with E-state index in [1.807, 2.05) is 24.3 Å². The van der Waals surface area contributed by atoms with Gasteiger partial charge in [-0.05, 0) is 29.3 Å². The maximum Gasteiger partial charge on any atom is 0.335 e. The van der Waals surface area contributed by atoms with Gasteiger partial charge in [0.15, 0.2) is 6.10 Å². The van der Waals surface area contributed by atoms with E-state index in [4.69, 9.17) is 9.84 Å². The van der Waals surface area contributed by atoms with Crippen LogP contribution in [0.5, 0.6) is 5.75 Å². The smallest absolute Gasteiger partial charge is 0.335 e. The molecule has 0 fully saturated rings. The number of fused-ring (bicyclic) bond motifs is 1. The highest BCUT2D eigenvalue weighted by atomic mass is 16.5. The summed E-state index contributed by atoms with van der Waals surface area (Å²) in [5.41, 5.74) is 2.16. The molecule has 23 heavy (non-hydrogen) atoms. The van der Waals surface area contributed by atoms with Gasteiger partial charge in [0.2, 0.25) is 0 Å². The van der Waals surface area contributed by atoms with E-state index in [2.05, 4.69) is 0 Å². The fourth-order valence-electron chi connectivity index (χ4n) is 2.67. The molecule has 2 aromatic carbocycles. The van der Waals surface area contributed by atoms with Crippen LogP contribution in [0.2, 0.25) is 0 Å². The van der Waals surface area contributed by atoms with Crippen molar-refractivity contribution in [3.63, 3.8) is 0 Å². The van der Waals surface area contributed by atoms with Crippen LogP contribution in [-0.2, 0) is 17.8 Å². The molecular formula is C18H17NO4. The molecule has 5 nitrogen and oxygen atoms in total. The van der Waals surface area contributed by atoms with Crippen LogP contribution in [0.3, 0.4) is 0 Å². The average molecular weight is 311 g/mol. The van der Waals surface area contributed by atoms with E-state index in [-0.39, 0.29) is 11.5 Å². The van der Waals surface area contributed by atoms with E-state index in [0.29, 0.717) is 13.0 Å². The molecule has 0 saturated heterocycles. The summed E-state index contributed by atoms with van der Waals surface area (Å²) in [5.74, 6) is -0.272. The molecule has 5 heteroatoms. The number of carbonyl (C=O) groups is 2. The minimum atomic E-state index is -0.960. The highest BCUT2D eigenvalue weighted by Crippen LogP contribution is 2.29. The van der Waals surface area contributed by atoms with E-state index in [0.717, 1.165) is 16.9 Å². The fourth-order valence-corrected chi connectivity index (χ4v) is 2.67. The Kier molecular flexibility index (Phi) is 4.02. The summed E-state index contributed by atoms with van der Waals surface area (Å²) in [7, 11) is 1.72. The van der Waals surface area contributed by atoms with Crippen molar-refractivity contribution < 1.29 is 19.4 Å². The average Bonchev–Trinajstić information content (AvgIpc) is 2.98. The van der Waals surface area contributed by atoms with E-state index in [9.17, 15) is 9.59 Å². The quantitative estimate of drug-likeness (QED) is 0.941. The molecule has 0 aliphatic carbocycles. The van der Waals surface area contributed by atoms with Gasteiger partial charge in [0.1, 0.15) is 5.75 Å². The van der Waals surface area contributed by atoms with E-state index < -0.39 is 12.1 Å². The molecule has 0 radical (unpaired) electrons. The highest BCUT2D eigenvalue weighted by molar-refractivity contribution is 5.87. The summed E-state index contributed by atoms with van der Waals surface area (Å²) in [6.07, 6.45) is 0.0906. The van der Waals surface area contributed by atoms with Crippen molar-refractivity contribution >= 4 is 11.9 Å². The zero-order chi connectivity index (χ0) is 16.4. The van der Waals surface area contributed by atoms with Crippen molar-refractivity contribution in [3.05, 3.63) is 65.2 Å². The lowest BCUT2D eigenvalue weighted by molar-refractivity contribution is -0.137. The van der Waals surface area contributed by atoms with Crippen LogP contribution in [0, 0.1) is 0 Å². The van der Waals surface area contributed by atoms with Gasteiger partial charge in [-0.3, -0.25) is 4.79 Å². The number of amides is 1. The second-order valence-corrected chi connectivity index (χ2v) is 5.61. The number of hydrogen-bond donors (Lipinski definition) is 1. The Labute approximate surface area is 134 Å². The first-order chi connectivity index (χ1) is 11.0. The summed E-state index contributed by atoms with van der Waals surface area (Å²) in [6.45, 7) is 0.412. The summed E-state index contributed by atoms with van der Waals surface area (Å²) in [6, 6.07) is 14.2. The van der Waals surface area contributed by atoms with Crippen molar-refractivity contribution in [1.29, 1.82) is 0 Å². The van der Waals surface area contributed by atoms with Gasteiger partial charge in [-0.1, -0.05) is 30.3 Å². The standard InChI is InChI=1S/C18H17NO4/c1-19(11-12-6-8-13(9-7-12)18(21)22)17(20)16-10-14-4-2-3-5-15(14)23-16/h2-9,16H,10-11H2,1H3,(H,21,22). The third kappa shape index (κ3) is 3.18. The van der Waals surface area contributed by atoms with Crippen LogP contribution < -0.4 is 4.74 Å². The van der Waals surface area contributed by atoms with Crippen LogP contribution in [0.25, 0.3) is 0 Å². The Morgan fingerprint density at radius 1 is 1.17 bits per heavy atom. The second-order valence-electron chi connectivity index (χ2n) is 5.61. The lowest BCUT2D eigenvalue weighted by atomic mass is 10.1. The second kappa shape index (κ2) is 6.12. The number of rotatable bonds is 4. The number of carboxylic acids is 1. The lowest BCUT2D eigenvalue weighted by Gasteiger charge is -2.21. The SMILES string of the molecule is CN(Cc1ccc(C(=O)O)cc1)C(=O)C1Cc2ccccc2O1. The first-order valence-electron chi connectivity index (χ1n) is 7.36. The summed E-state index contributed by atoms with van der Waals surface area (Å²) >= 11 is 0. The first-order valence-corrected chi connectivity index (χ1v) is 7.36. The highest BCUT2D eigenvalue weighted by Gasteiger charge is 2.30.